The van der Waals surface area contributed by atoms with Crippen molar-refractivity contribution in [3.05, 3.63) is 23.8 Å². The second-order valence-corrected chi connectivity index (χ2v) is 3.22. The van der Waals surface area contributed by atoms with Gasteiger partial charge in [0.1, 0.15) is 5.82 Å². The molecule has 1 aliphatic carbocycles. The summed E-state index contributed by atoms with van der Waals surface area (Å²) in [6.07, 6.45) is 5.21. The highest BCUT2D eigenvalue weighted by Crippen LogP contribution is 2.37. The van der Waals surface area contributed by atoms with Crippen LogP contribution < -0.4 is 5.73 Å². The molecule has 0 radical (unpaired) electrons. The summed E-state index contributed by atoms with van der Waals surface area (Å²) in [6, 6.07) is 1.94. The molecule has 0 unspecified atom stereocenters. The third kappa shape index (κ3) is 3.40. The van der Waals surface area contributed by atoms with Crippen LogP contribution in [0.3, 0.4) is 0 Å². The van der Waals surface area contributed by atoms with Crippen molar-refractivity contribution in [1.82, 2.24) is 9.97 Å². The zero-order chi connectivity index (χ0) is 8.39. The third-order valence-electron chi connectivity index (χ3n) is 2.07. The predicted molar refractivity (Wildman–Crippen MR) is 61.3 cm³/mol. The molecule has 3 nitrogen and oxygen atoms in total. The smallest absolute Gasteiger partial charge is 0.131 e. The van der Waals surface area contributed by atoms with Crippen LogP contribution in [0.4, 0.5) is 0 Å². The molecule has 0 aromatic carbocycles. The Balaban J connectivity index is 0.000000845. The first-order chi connectivity index (χ1) is 5.90. The third-order valence-corrected chi connectivity index (χ3v) is 2.07. The van der Waals surface area contributed by atoms with Gasteiger partial charge in [0.2, 0.25) is 0 Å². The molecule has 1 heterocycles. The number of rotatable bonds is 3. The molecule has 2 rings (SSSR count). The van der Waals surface area contributed by atoms with E-state index in [4.69, 9.17) is 5.73 Å². The van der Waals surface area contributed by atoms with Crippen molar-refractivity contribution >= 4 is 24.8 Å². The Labute approximate surface area is 96.3 Å². The van der Waals surface area contributed by atoms with Gasteiger partial charge in [0, 0.05) is 24.2 Å². The fourth-order valence-electron chi connectivity index (χ4n) is 1.24. The molecule has 1 saturated carbocycles. The lowest BCUT2D eigenvalue weighted by Crippen LogP contribution is -2.06. The Hall–Kier alpha value is -0.380. The Bertz CT molecular complexity index is 277. The largest absolute Gasteiger partial charge is 0.330 e. The second kappa shape index (κ2) is 6.17. The van der Waals surface area contributed by atoms with E-state index in [1.165, 1.54) is 12.8 Å². The lowest BCUT2D eigenvalue weighted by Gasteiger charge is -1.99. The van der Waals surface area contributed by atoms with Gasteiger partial charge in [-0.05, 0) is 25.5 Å². The summed E-state index contributed by atoms with van der Waals surface area (Å²) >= 11 is 0. The Morgan fingerprint density at radius 3 is 2.64 bits per heavy atom. The highest BCUT2D eigenvalue weighted by atomic mass is 35.5. The van der Waals surface area contributed by atoms with Crippen molar-refractivity contribution in [2.24, 2.45) is 5.73 Å². The fraction of sp³-hybridized carbons (Fsp3) is 0.556. The number of hydrogen-bond acceptors (Lipinski definition) is 3. The molecule has 0 saturated heterocycles. The number of nitrogens with two attached hydrogens (primary N) is 1. The van der Waals surface area contributed by atoms with E-state index in [0.717, 1.165) is 17.9 Å². The molecule has 0 aliphatic heterocycles. The van der Waals surface area contributed by atoms with Gasteiger partial charge >= 0.3 is 0 Å². The van der Waals surface area contributed by atoms with Crippen LogP contribution in [-0.2, 0) is 6.42 Å². The quantitative estimate of drug-likeness (QED) is 0.868. The molecular weight excluding hydrogens is 221 g/mol. The molecule has 0 spiro atoms. The van der Waals surface area contributed by atoms with Gasteiger partial charge in [-0.1, -0.05) is 0 Å². The predicted octanol–water partition coefficient (Wildman–Crippen LogP) is 1.70. The summed E-state index contributed by atoms with van der Waals surface area (Å²) in [5.41, 5.74) is 6.52. The van der Waals surface area contributed by atoms with Crippen LogP contribution in [0.5, 0.6) is 0 Å². The van der Waals surface area contributed by atoms with Gasteiger partial charge in [0.15, 0.2) is 0 Å². The van der Waals surface area contributed by atoms with Crippen LogP contribution >= 0.6 is 24.8 Å². The first-order valence-corrected chi connectivity index (χ1v) is 4.42. The summed E-state index contributed by atoms with van der Waals surface area (Å²) in [5.74, 6) is 1.66. The lowest BCUT2D eigenvalue weighted by atomic mass is 10.3. The fourth-order valence-corrected chi connectivity index (χ4v) is 1.24. The Kier molecular flexibility index (Phi) is 6.00. The molecule has 5 heteroatoms. The molecule has 1 aromatic rings. The molecule has 0 amide bonds. The molecule has 0 atom stereocenters. The minimum absolute atomic E-state index is 0. The summed E-state index contributed by atoms with van der Waals surface area (Å²) in [7, 11) is 0. The maximum atomic E-state index is 5.44. The maximum absolute atomic E-state index is 5.44. The van der Waals surface area contributed by atoms with E-state index in [9.17, 15) is 0 Å². The highest BCUT2D eigenvalue weighted by Gasteiger charge is 2.26. The van der Waals surface area contributed by atoms with E-state index in [2.05, 4.69) is 9.97 Å². The highest BCUT2D eigenvalue weighted by molar-refractivity contribution is 5.85. The lowest BCUT2D eigenvalue weighted by molar-refractivity contribution is 0.849. The first kappa shape index (κ1) is 13.6. The van der Waals surface area contributed by atoms with Gasteiger partial charge in [-0.25, -0.2) is 9.97 Å². The average Bonchev–Trinajstić information content (AvgIpc) is 2.88. The second-order valence-electron chi connectivity index (χ2n) is 3.22. The molecule has 1 aromatic heterocycles. The van der Waals surface area contributed by atoms with E-state index in [0.29, 0.717) is 12.5 Å². The van der Waals surface area contributed by atoms with Crippen molar-refractivity contribution in [2.75, 3.05) is 6.54 Å². The summed E-state index contributed by atoms with van der Waals surface area (Å²) < 4.78 is 0. The average molecular weight is 236 g/mol. The van der Waals surface area contributed by atoms with Crippen molar-refractivity contribution in [2.45, 2.75) is 25.2 Å². The van der Waals surface area contributed by atoms with Crippen LogP contribution in [0.2, 0.25) is 0 Å². The van der Waals surface area contributed by atoms with Crippen LogP contribution in [0, 0.1) is 0 Å². The van der Waals surface area contributed by atoms with Gasteiger partial charge in [-0.15, -0.1) is 24.8 Å². The molecular formula is C9H15Cl2N3. The topological polar surface area (TPSA) is 51.8 Å². The minimum Gasteiger partial charge on any atom is -0.330 e. The zero-order valence-electron chi connectivity index (χ0n) is 7.85. The van der Waals surface area contributed by atoms with Gasteiger partial charge in [-0.2, -0.15) is 0 Å². The molecule has 1 fully saturated rings. The first-order valence-electron chi connectivity index (χ1n) is 4.42. The van der Waals surface area contributed by atoms with Crippen LogP contribution in [0.25, 0.3) is 0 Å². The van der Waals surface area contributed by atoms with Crippen molar-refractivity contribution in [3.8, 4) is 0 Å². The molecule has 2 N–H and O–H groups in total. The van der Waals surface area contributed by atoms with Gasteiger partial charge in [0.25, 0.3) is 0 Å². The number of nitrogens with zero attached hydrogens (tertiary/aromatic N) is 2. The van der Waals surface area contributed by atoms with Crippen LogP contribution in [-0.4, -0.2) is 16.5 Å². The molecule has 1 aliphatic rings. The zero-order valence-corrected chi connectivity index (χ0v) is 9.48. The van der Waals surface area contributed by atoms with E-state index < -0.39 is 0 Å². The van der Waals surface area contributed by atoms with E-state index in [1.807, 2.05) is 12.3 Å². The summed E-state index contributed by atoms with van der Waals surface area (Å²) in [4.78, 5) is 8.67. The summed E-state index contributed by atoms with van der Waals surface area (Å²) in [5, 5.41) is 0. The Morgan fingerprint density at radius 2 is 2.07 bits per heavy atom. The summed E-state index contributed by atoms with van der Waals surface area (Å²) in [6.45, 7) is 0.668. The van der Waals surface area contributed by atoms with E-state index in [-0.39, 0.29) is 24.8 Å². The SMILES string of the molecule is Cl.Cl.NCCc1ccnc(C2CC2)n1. The van der Waals surface area contributed by atoms with Crippen molar-refractivity contribution < 1.29 is 0 Å². The van der Waals surface area contributed by atoms with Gasteiger partial charge < -0.3 is 5.73 Å². The number of halogens is 2. The van der Waals surface area contributed by atoms with Gasteiger partial charge in [0.05, 0.1) is 0 Å². The number of hydrogen-bond donors (Lipinski definition) is 1. The van der Waals surface area contributed by atoms with Crippen LogP contribution in [0.1, 0.15) is 30.3 Å². The van der Waals surface area contributed by atoms with Crippen molar-refractivity contribution in [1.29, 1.82) is 0 Å². The van der Waals surface area contributed by atoms with E-state index >= 15 is 0 Å². The standard InChI is InChI=1S/C9H13N3.2ClH/c10-5-3-8-4-6-11-9(12-8)7-1-2-7;;/h4,6-7H,1-3,5,10H2;2*1H. The minimum atomic E-state index is 0. The van der Waals surface area contributed by atoms with Crippen molar-refractivity contribution in [3.63, 3.8) is 0 Å². The normalized spacial score (nSPS) is 14.1. The molecule has 80 valence electrons. The van der Waals surface area contributed by atoms with Crippen LogP contribution in [0.15, 0.2) is 12.3 Å². The molecule has 0 bridgehead atoms. The molecule has 14 heavy (non-hydrogen) atoms. The Morgan fingerprint density at radius 1 is 1.36 bits per heavy atom. The monoisotopic (exact) mass is 235 g/mol. The van der Waals surface area contributed by atoms with E-state index in [1.54, 1.807) is 0 Å². The number of aromatic nitrogens is 2. The van der Waals surface area contributed by atoms with Gasteiger partial charge in [-0.3, -0.25) is 0 Å². The maximum Gasteiger partial charge on any atom is 0.131 e.